The Morgan fingerprint density at radius 2 is 1.03 bits per heavy atom. The van der Waals surface area contributed by atoms with E-state index in [1.807, 2.05) is 67.6 Å². The smallest absolute Gasteiger partial charge is 0.478 e. The number of carbonyl (C=O) groups is 2. The summed E-state index contributed by atoms with van der Waals surface area (Å²) in [5.74, 6) is -3.66. The maximum Gasteiger partial charge on any atom is 0.524 e. The van der Waals surface area contributed by atoms with Crippen molar-refractivity contribution in [1.29, 1.82) is 0 Å². The van der Waals surface area contributed by atoms with E-state index in [0.29, 0.717) is 11.1 Å². The van der Waals surface area contributed by atoms with Gasteiger partial charge in [0.05, 0.1) is 5.56 Å². The number of amides is 1. The van der Waals surface area contributed by atoms with Crippen molar-refractivity contribution in [2.24, 2.45) is 0 Å². The van der Waals surface area contributed by atoms with Crippen LogP contribution in [0.2, 0.25) is 0 Å². The lowest BCUT2D eigenvalue weighted by Gasteiger charge is -2.31. The van der Waals surface area contributed by atoms with Gasteiger partial charge in [-0.1, -0.05) is 133 Å². The number of rotatable bonds is 13. The van der Waals surface area contributed by atoms with Crippen molar-refractivity contribution in [3.63, 3.8) is 0 Å². The first kappa shape index (κ1) is 43.6. The molecule has 0 bridgehead atoms. The SMILES string of the molecule is Cc1ccc(/C(=C(\c2ccccc2)c2ccc(CNC(=O)c3cccc(C(=O)O)c3C3c4ccc(OP(=O)(O)O)cc4Oc4cc(OP(=O)(O)O)ccc43)cc2)c2ccccc2)cc1. The van der Waals surface area contributed by atoms with Crippen LogP contribution in [0, 0.1) is 6.92 Å². The summed E-state index contributed by atoms with van der Waals surface area (Å²) in [4.78, 5) is 65.2. The quantitative estimate of drug-likeness (QED) is 0.0472. The van der Waals surface area contributed by atoms with Crippen LogP contribution < -0.4 is 19.1 Å². The van der Waals surface area contributed by atoms with Gasteiger partial charge in [-0.05, 0) is 75.7 Å². The van der Waals surface area contributed by atoms with Gasteiger partial charge < -0.3 is 24.2 Å². The summed E-state index contributed by atoms with van der Waals surface area (Å²) in [6.07, 6.45) is 0. The highest BCUT2D eigenvalue weighted by molar-refractivity contribution is 7.47. The van der Waals surface area contributed by atoms with Gasteiger partial charge in [0.25, 0.3) is 5.91 Å². The number of aryl methyl sites for hydroxylation is 1. The molecule has 7 aromatic carbocycles. The van der Waals surface area contributed by atoms with Crippen LogP contribution in [0.4, 0.5) is 0 Å². The van der Waals surface area contributed by atoms with Crippen LogP contribution >= 0.6 is 15.6 Å². The predicted octanol–water partition coefficient (Wildman–Crippen LogP) is 9.86. The summed E-state index contributed by atoms with van der Waals surface area (Å²) in [6.45, 7) is 2.12. The molecule has 322 valence electrons. The van der Waals surface area contributed by atoms with Gasteiger partial charge in [0.2, 0.25) is 0 Å². The topological polar surface area (TPSA) is 209 Å². The van der Waals surface area contributed by atoms with E-state index in [1.165, 1.54) is 54.6 Å². The first-order chi connectivity index (χ1) is 30.6. The normalized spacial score (nSPS) is 12.8. The number of hydrogen-bond donors (Lipinski definition) is 6. The van der Waals surface area contributed by atoms with Crippen LogP contribution in [-0.4, -0.2) is 36.6 Å². The first-order valence-electron chi connectivity index (χ1n) is 19.7. The molecule has 0 spiro atoms. The lowest BCUT2D eigenvalue weighted by Crippen LogP contribution is -2.27. The fourth-order valence-electron chi connectivity index (χ4n) is 7.84. The predicted molar refractivity (Wildman–Crippen MR) is 239 cm³/mol. The zero-order valence-electron chi connectivity index (χ0n) is 33.9. The lowest BCUT2D eigenvalue weighted by molar-refractivity contribution is 0.0695. The first-order valence-corrected chi connectivity index (χ1v) is 22.8. The van der Waals surface area contributed by atoms with Crippen molar-refractivity contribution >= 4 is 38.7 Å². The van der Waals surface area contributed by atoms with Gasteiger partial charge in [-0.25, -0.2) is 13.9 Å². The van der Waals surface area contributed by atoms with Gasteiger partial charge in [-0.3, -0.25) is 24.4 Å². The highest BCUT2D eigenvalue weighted by Crippen LogP contribution is 2.52. The maximum absolute atomic E-state index is 14.3. The van der Waals surface area contributed by atoms with Gasteiger partial charge in [-0.15, -0.1) is 0 Å². The van der Waals surface area contributed by atoms with Crippen molar-refractivity contribution in [1.82, 2.24) is 5.32 Å². The molecule has 1 aliphatic rings. The number of carbonyl (C=O) groups excluding carboxylic acids is 1. The summed E-state index contributed by atoms with van der Waals surface area (Å²) in [5, 5.41) is 13.5. The number of nitrogens with one attached hydrogen (secondary N) is 1. The number of ether oxygens (including phenoxy) is 1. The van der Waals surface area contributed by atoms with Gasteiger partial charge in [0, 0.05) is 41.3 Å². The van der Waals surface area contributed by atoms with E-state index >= 15 is 0 Å². The molecule has 8 rings (SSSR count). The van der Waals surface area contributed by atoms with E-state index < -0.39 is 33.4 Å². The molecular weight excluding hydrogens is 856 g/mol. The number of carboxylic acid groups (broad SMARTS) is 1. The zero-order chi connectivity index (χ0) is 45.2. The Morgan fingerprint density at radius 1 is 0.578 bits per heavy atom. The van der Waals surface area contributed by atoms with Crippen molar-refractivity contribution in [3.8, 4) is 23.0 Å². The second kappa shape index (κ2) is 18.0. The molecule has 1 heterocycles. The van der Waals surface area contributed by atoms with Crippen LogP contribution in [0.3, 0.4) is 0 Å². The monoisotopic (exact) mass is 895 g/mol. The van der Waals surface area contributed by atoms with E-state index in [4.69, 9.17) is 13.8 Å². The van der Waals surface area contributed by atoms with Crippen molar-refractivity contribution in [2.45, 2.75) is 19.4 Å². The minimum Gasteiger partial charge on any atom is -0.478 e. The van der Waals surface area contributed by atoms with Crippen LogP contribution in [0.25, 0.3) is 11.1 Å². The van der Waals surface area contributed by atoms with Crippen LogP contribution in [-0.2, 0) is 15.7 Å². The summed E-state index contributed by atoms with van der Waals surface area (Å²) < 4.78 is 39.0. The Morgan fingerprint density at radius 3 is 1.50 bits per heavy atom. The molecule has 0 fully saturated rings. The lowest BCUT2D eigenvalue weighted by atomic mass is 9.78. The number of benzene rings is 7. The van der Waals surface area contributed by atoms with Crippen LogP contribution in [0.5, 0.6) is 23.0 Å². The van der Waals surface area contributed by atoms with Crippen molar-refractivity contribution in [2.75, 3.05) is 0 Å². The number of phosphoric acid groups is 2. The summed E-state index contributed by atoms with van der Waals surface area (Å²) >= 11 is 0. The summed E-state index contributed by atoms with van der Waals surface area (Å²) in [5.41, 5.74) is 8.45. The van der Waals surface area contributed by atoms with E-state index in [2.05, 4.69) is 53.8 Å². The van der Waals surface area contributed by atoms with Gasteiger partial charge >= 0.3 is 21.6 Å². The highest BCUT2D eigenvalue weighted by atomic mass is 31.2. The molecule has 15 heteroatoms. The third kappa shape index (κ3) is 9.76. The minimum absolute atomic E-state index is 0.00584. The van der Waals surface area contributed by atoms with Crippen molar-refractivity contribution in [3.05, 3.63) is 225 Å². The van der Waals surface area contributed by atoms with E-state index in [9.17, 15) is 43.4 Å². The number of fused-ring (bicyclic) bond motifs is 2. The fraction of sp³-hybridized carbons (Fsp3) is 0.0612. The van der Waals surface area contributed by atoms with E-state index in [1.54, 1.807) is 0 Å². The molecule has 6 N–H and O–H groups in total. The molecule has 13 nitrogen and oxygen atoms in total. The third-order valence-corrected chi connectivity index (χ3v) is 11.4. The second-order valence-electron chi connectivity index (χ2n) is 14.9. The molecule has 0 saturated carbocycles. The second-order valence-corrected chi connectivity index (χ2v) is 17.2. The molecular formula is C49H39NO12P2. The molecule has 1 aliphatic heterocycles. The van der Waals surface area contributed by atoms with Crippen LogP contribution in [0.1, 0.15) is 76.7 Å². The fourth-order valence-corrected chi connectivity index (χ4v) is 8.61. The molecule has 1 amide bonds. The van der Waals surface area contributed by atoms with Crippen LogP contribution in [0.15, 0.2) is 164 Å². The average molecular weight is 896 g/mol. The van der Waals surface area contributed by atoms with E-state index in [0.717, 1.165) is 44.5 Å². The largest absolute Gasteiger partial charge is 0.524 e. The number of hydrogen-bond acceptors (Lipinski definition) is 7. The molecule has 0 aliphatic carbocycles. The molecule has 0 saturated heterocycles. The number of phosphoric ester groups is 2. The molecule has 0 atom stereocenters. The molecule has 64 heavy (non-hydrogen) atoms. The maximum atomic E-state index is 14.3. The molecule has 0 aromatic heterocycles. The summed E-state index contributed by atoms with van der Waals surface area (Å²) in [6, 6.07) is 48.6. The minimum atomic E-state index is -5.02. The third-order valence-electron chi connectivity index (χ3n) is 10.5. The number of aromatic carboxylic acids is 1. The average Bonchev–Trinajstić information content (AvgIpc) is 3.26. The standard InChI is InChI=1S/C49H39NO12P2/c1-30-15-19-34(20-16-30)44(32-9-4-2-5-10-32)45(33-11-6-3-7-12-33)35-21-17-31(18-22-35)29-50-48(51)40-13-8-14-41(49(52)53)47(40)46-38-25-23-36(61-63(54,55)56)27-42(38)60-43-28-37(24-26-39(43)46)62-64(57,58)59/h2-28,46H,29H2,1H3,(H,50,51)(H,52,53)(H2,54,55,56)(H2,57,58,59)/b45-44+. The van der Waals surface area contributed by atoms with Gasteiger partial charge in [-0.2, -0.15) is 0 Å². The van der Waals surface area contributed by atoms with Gasteiger partial charge in [0.15, 0.2) is 0 Å². The Balaban J connectivity index is 1.17. The highest BCUT2D eigenvalue weighted by Gasteiger charge is 2.36. The molecule has 0 radical (unpaired) electrons. The Bertz CT molecular complexity index is 2940. The van der Waals surface area contributed by atoms with Crippen molar-refractivity contribution < 1.29 is 57.2 Å². The zero-order valence-corrected chi connectivity index (χ0v) is 35.7. The van der Waals surface area contributed by atoms with Gasteiger partial charge in [0.1, 0.15) is 23.0 Å². The Labute approximate surface area is 367 Å². The summed E-state index contributed by atoms with van der Waals surface area (Å²) in [7, 11) is -10.0. The molecule has 7 aromatic rings. The Kier molecular flexibility index (Phi) is 12.2. The Hall–Kier alpha value is -7.08. The molecule has 0 unspecified atom stereocenters. The number of carboxylic acids is 1. The van der Waals surface area contributed by atoms with E-state index in [-0.39, 0.29) is 46.2 Å².